The van der Waals surface area contributed by atoms with Crippen molar-refractivity contribution in [2.24, 2.45) is 0 Å². The Morgan fingerprint density at radius 2 is 1.64 bits per heavy atom. The predicted octanol–water partition coefficient (Wildman–Crippen LogP) is 3.21. The summed E-state index contributed by atoms with van der Waals surface area (Å²) < 4.78 is 5.65. The van der Waals surface area contributed by atoms with Crippen molar-refractivity contribution in [3.63, 3.8) is 0 Å². The number of likely N-dealkylation sites (N-methyl/N-ethyl adjacent to an activating group) is 1. The minimum absolute atomic E-state index is 0.0327. The summed E-state index contributed by atoms with van der Waals surface area (Å²) in [6.45, 7) is 3.52. The summed E-state index contributed by atoms with van der Waals surface area (Å²) in [5.41, 5.74) is 1.04. The summed E-state index contributed by atoms with van der Waals surface area (Å²) in [7, 11) is 0. The summed E-state index contributed by atoms with van der Waals surface area (Å²) in [6.07, 6.45) is 0. The highest BCUT2D eigenvalue weighted by molar-refractivity contribution is 5.49. The Balaban J connectivity index is 2.06. The number of hydrogen-bond acceptors (Lipinski definition) is 5. The van der Waals surface area contributed by atoms with Gasteiger partial charge in [0.05, 0.1) is 11.5 Å². The molecule has 6 heteroatoms. The lowest BCUT2D eigenvalue weighted by atomic mass is 10.2. The summed E-state index contributed by atoms with van der Waals surface area (Å²) >= 11 is 0. The van der Waals surface area contributed by atoms with Crippen molar-refractivity contribution in [2.75, 3.05) is 24.6 Å². The van der Waals surface area contributed by atoms with Gasteiger partial charge in [-0.3, -0.25) is 10.1 Å². The molecule has 1 N–H and O–H groups in total. The van der Waals surface area contributed by atoms with Crippen LogP contribution in [0.4, 0.5) is 11.4 Å². The van der Waals surface area contributed by atoms with Crippen molar-refractivity contribution in [3.8, 4) is 11.5 Å². The summed E-state index contributed by atoms with van der Waals surface area (Å²) in [6, 6.07) is 13.4. The summed E-state index contributed by atoms with van der Waals surface area (Å²) in [5, 5.41) is 19.6. The molecule has 22 heavy (non-hydrogen) atoms. The molecule has 2 aromatic carbocycles. The van der Waals surface area contributed by atoms with Crippen molar-refractivity contribution in [3.05, 3.63) is 58.6 Å². The predicted molar refractivity (Wildman–Crippen MR) is 84.6 cm³/mol. The second-order valence-electron chi connectivity index (χ2n) is 4.65. The number of hydrogen-bond donors (Lipinski definition) is 1. The SMILES string of the molecule is CCN(CCO)c1ccc(Oc2ccc([N+](=O)[O-])cc2)cc1. The molecule has 0 spiro atoms. The number of ether oxygens (including phenoxy) is 1. The minimum atomic E-state index is -0.445. The van der Waals surface area contributed by atoms with Gasteiger partial charge in [-0.05, 0) is 43.3 Å². The van der Waals surface area contributed by atoms with E-state index >= 15 is 0 Å². The van der Waals surface area contributed by atoms with Crippen LogP contribution < -0.4 is 9.64 Å². The van der Waals surface area contributed by atoms with Gasteiger partial charge < -0.3 is 14.7 Å². The van der Waals surface area contributed by atoms with E-state index < -0.39 is 4.92 Å². The first-order valence-corrected chi connectivity index (χ1v) is 7.02. The van der Waals surface area contributed by atoms with E-state index in [-0.39, 0.29) is 12.3 Å². The van der Waals surface area contributed by atoms with Crippen LogP contribution in [0.5, 0.6) is 11.5 Å². The van der Waals surface area contributed by atoms with Crippen LogP contribution in [0.25, 0.3) is 0 Å². The molecule has 0 aliphatic carbocycles. The first-order valence-electron chi connectivity index (χ1n) is 7.02. The Bertz CT molecular complexity index is 611. The van der Waals surface area contributed by atoms with Gasteiger partial charge in [-0.2, -0.15) is 0 Å². The van der Waals surface area contributed by atoms with Crippen LogP contribution in [-0.4, -0.2) is 29.7 Å². The molecule has 0 bridgehead atoms. The third-order valence-electron chi connectivity index (χ3n) is 3.24. The fourth-order valence-corrected chi connectivity index (χ4v) is 2.09. The number of nitrogens with zero attached hydrogens (tertiary/aromatic N) is 2. The van der Waals surface area contributed by atoms with E-state index in [2.05, 4.69) is 4.90 Å². The molecule has 0 fully saturated rings. The fourth-order valence-electron chi connectivity index (χ4n) is 2.09. The number of benzene rings is 2. The highest BCUT2D eigenvalue weighted by atomic mass is 16.6. The molecule has 0 saturated carbocycles. The molecule has 0 atom stereocenters. The zero-order valence-electron chi connectivity index (χ0n) is 12.3. The van der Waals surface area contributed by atoms with E-state index in [0.717, 1.165) is 12.2 Å². The Hall–Kier alpha value is -2.60. The molecular weight excluding hydrogens is 284 g/mol. The van der Waals surface area contributed by atoms with E-state index in [1.54, 1.807) is 12.1 Å². The second kappa shape index (κ2) is 7.42. The minimum Gasteiger partial charge on any atom is -0.457 e. The highest BCUT2D eigenvalue weighted by Gasteiger charge is 2.06. The third kappa shape index (κ3) is 3.95. The first-order chi connectivity index (χ1) is 10.6. The van der Waals surface area contributed by atoms with Crippen LogP contribution in [0.3, 0.4) is 0 Å². The quantitative estimate of drug-likeness (QED) is 0.628. The van der Waals surface area contributed by atoms with Crippen LogP contribution in [0.1, 0.15) is 6.92 Å². The average molecular weight is 302 g/mol. The van der Waals surface area contributed by atoms with Crippen LogP contribution >= 0.6 is 0 Å². The molecule has 0 amide bonds. The van der Waals surface area contributed by atoms with Gasteiger partial charge in [0.25, 0.3) is 5.69 Å². The van der Waals surface area contributed by atoms with Crippen molar-refractivity contribution in [1.82, 2.24) is 0 Å². The maximum atomic E-state index is 10.6. The maximum Gasteiger partial charge on any atom is 0.269 e. The van der Waals surface area contributed by atoms with Crippen molar-refractivity contribution in [2.45, 2.75) is 6.92 Å². The Morgan fingerprint density at radius 3 is 2.09 bits per heavy atom. The number of nitro benzene ring substituents is 1. The molecule has 0 unspecified atom stereocenters. The zero-order valence-corrected chi connectivity index (χ0v) is 12.3. The van der Waals surface area contributed by atoms with Gasteiger partial charge in [0, 0.05) is 30.9 Å². The van der Waals surface area contributed by atoms with Crippen molar-refractivity contribution >= 4 is 11.4 Å². The largest absolute Gasteiger partial charge is 0.457 e. The van der Waals surface area contributed by atoms with Gasteiger partial charge >= 0.3 is 0 Å². The van der Waals surface area contributed by atoms with Crippen molar-refractivity contribution < 1.29 is 14.8 Å². The monoisotopic (exact) mass is 302 g/mol. The molecular formula is C16H18N2O4. The number of nitro groups is 1. The Kier molecular flexibility index (Phi) is 5.32. The number of aliphatic hydroxyl groups is 1. The van der Waals surface area contributed by atoms with E-state index in [0.29, 0.717) is 18.0 Å². The van der Waals surface area contributed by atoms with Gasteiger partial charge in [0.15, 0.2) is 0 Å². The highest BCUT2D eigenvalue weighted by Crippen LogP contribution is 2.26. The zero-order chi connectivity index (χ0) is 15.9. The molecule has 0 heterocycles. The van der Waals surface area contributed by atoms with Crippen LogP contribution in [0.15, 0.2) is 48.5 Å². The fraction of sp³-hybridized carbons (Fsp3) is 0.250. The molecule has 0 saturated heterocycles. The molecule has 0 radical (unpaired) electrons. The van der Waals surface area contributed by atoms with E-state index in [1.165, 1.54) is 12.1 Å². The second-order valence-corrected chi connectivity index (χ2v) is 4.65. The summed E-state index contributed by atoms with van der Waals surface area (Å²) in [5.74, 6) is 1.19. The van der Waals surface area contributed by atoms with Gasteiger partial charge in [-0.15, -0.1) is 0 Å². The van der Waals surface area contributed by atoms with Crippen LogP contribution in [0.2, 0.25) is 0 Å². The van der Waals surface area contributed by atoms with E-state index in [4.69, 9.17) is 9.84 Å². The van der Waals surface area contributed by atoms with Gasteiger partial charge in [0.1, 0.15) is 11.5 Å². The average Bonchev–Trinajstić information content (AvgIpc) is 2.54. The lowest BCUT2D eigenvalue weighted by Crippen LogP contribution is -2.25. The Labute approximate surface area is 128 Å². The van der Waals surface area contributed by atoms with E-state index in [1.807, 2.05) is 31.2 Å². The van der Waals surface area contributed by atoms with Gasteiger partial charge in [-0.1, -0.05) is 0 Å². The molecule has 0 aromatic heterocycles. The molecule has 116 valence electrons. The molecule has 6 nitrogen and oxygen atoms in total. The lowest BCUT2D eigenvalue weighted by molar-refractivity contribution is -0.384. The number of non-ortho nitro benzene ring substituents is 1. The third-order valence-corrected chi connectivity index (χ3v) is 3.24. The topological polar surface area (TPSA) is 75.8 Å². The molecule has 2 aromatic rings. The Morgan fingerprint density at radius 1 is 1.09 bits per heavy atom. The molecule has 0 aliphatic rings. The summed E-state index contributed by atoms with van der Waals surface area (Å²) in [4.78, 5) is 12.2. The standard InChI is InChI=1S/C16H18N2O4/c1-2-17(11-12-19)13-3-7-15(8-4-13)22-16-9-5-14(6-10-16)18(20)21/h3-10,19H,2,11-12H2,1H3. The normalized spacial score (nSPS) is 10.3. The number of aliphatic hydroxyl groups excluding tert-OH is 1. The van der Waals surface area contributed by atoms with Crippen molar-refractivity contribution in [1.29, 1.82) is 0 Å². The van der Waals surface area contributed by atoms with Crippen LogP contribution in [0, 0.1) is 10.1 Å². The van der Waals surface area contributed by atoms with E-state index in [9.17, 15) is 10.1 Å². The smallest absolute Gasteiger partial charge is 0.269 e. The van der Waals surface area contributed by atoms with Crippen LogP contribution in [-0.2, 0) is 0 Å². The van der Waals surface area contributed by atoms with Gasteiger partial charge in [0.2, 0.25) is 0 Å². The van der Waals surface area contributed by atoms with Gasteiger partial charge in [-0.25, -0.2) is 0 Å². The molecule has 2 rings (SSSR count). The lowest BCUT2D eigenvalue weighted by Gasteiger charge is -2.22. The molecule has 0 aliphatic heterocycles. The number of anilines is 1. The first kappa shape index (κ1) is 15.8. The number of rotatable bonds is 7. The maximum absolute atomic E-state index is 10.6.